The molecule has 1 aromatic carbocycles. The van der Waals surface area contributed by atoms with E-state index in [-0.39, 0.29) is 6.04 Å². The van der Waals surface area contributed by atoms with E-state index in [1.54, 1.807) is 0 Å². The van der Waals surface area contributed by atoms with Crippen LogP contribution in [0.5, 0.6) is 0 Å². The third kappa shape index (κ3) is 3.41. The second kappa shape index (κ2) is 6.42. The molecule has 1 atom stereocenters. The minimum absolute atomic E-state index is 0.212. The molecule has 20 heavy (non-hydrogen) atoms. The van der Waals surface area contributed by atoms with Crippen LogP contribution in [0, 0.1) is 0 Å². The summed E-state index contributed by atoms with van der Waals surface area (Å²) in [5.41, 5.74) is 3.54. The molecule has 0 unspecified atom stereocenters. The molecule has 1 aromatic heterocycles. The smallest absolute Gasteiger partial charge is 0.0694 e. The van der Waals surface area contributed by atoms with Gasteiger partial charge in [-0.1, -0.05) is 43.6 Å². The molecular weight excluding hydrogens is 270 g/mol. The average molecular weight is 292 g/mol. The number of halogens is 1. The zero-order chi connectivity index (χ0) is 14.7. The van der Waals surface area contributed by atoms with Gasteiger partial charge in [0.1, 0.15) is 0 Å². The molecule has 0 spiro atoms. The summed E-state index contributed by atoms with van der Waals surface area (Å²) in [6, 6.07) is 8.18. The Morgan fingerprint density at radius 1 is 1.25 bits per heavy atom. The maximum atomic E-state index is 6.23. The summed E-state index contributed by atoms with van der Waals surface area (Å²) in [4.78, 5) is 0. The Bertz CT molecular complexity index is 575. The lowest BCUT2D eigenvalue weighted by atomic mass is 10.1. The monoisotopic (exact) mass is 291 g/mol. The molecular formula is C16H22ClN3. The number of hydrogen-bond donors (Lipinski definition) is 1. The number of aryl methyl sites for hydroxylation is 1. The van der Waals surface area contributed by atoms with E-state index in [1.807, 2.05) is 29.9 Å². The first-order valence-corrected chi connectivity index (χ1v) is 7.37. The fraction of sp³-hybridized carbons (Fsp3) is 0.438. The highest BCUT2D eigenvalue weighted by Gasteiger charge is 2.13. The molecule has 0 saturated heterocycles. The van der Waals surface area contributed by atoms with Crippen LogP contribution in [0.25, 0.3) is 0 Å². The van der Waals surface area contributed by atoms with E-state index < -0.39 is 0 Å². The van der Waals surface area contributed by atoms with E-state index in [0.29, 0.717) is 5.92 Å². The third-order valence-electron chi connectivity index (χ3n) is 3.45. The highest BCUT2D eigenvalue weighted by molar-refractivity contribution is 6.31. The maximum Gasteiger partial charge on any atom is 0.0694 e. The number of rotatable bonds is 5. The summed E-state index contributed by atoms with van der Waals surface area (Å²) in [6.45, 7) is 7.27. The van der Waals surface area contributed by atoms with Crippen LogP contribution in [0.2, 0.25) is 5.02 Å². The summed E-state index contributed by atoms with van der Waals surface area (Å²) in [5.74, 6) is 0.434. The maximum absolute atomic E-state index is 6.23. The lowest BCUT2D eigenvalue weighted by molar-refractivity contribution is 0.570. The van der Waals surface area contributed by atoms with Gasteiger partial charge in [0.2, 0.25) is 0 Å². The van der Waals surface area contributed by atoms with Gasteiger partial charge in [0.05, 0.1) is 5.69 Å². The Labute approximate surface area is 126 Å². The fourth-order valence-electron chi connectivity index (χ4n) is 2.38. The van der Waals surface area contributed by atoms with Crippen molar-refractivity contribution in [3.05, 3.63) is 52.3 Å². The molecule has 2 rings (SSSR count). The van der Waals surface area contributed by atoms with E-state index in [1.165, 1.54) is 5.56 Å². The quantitative estimate of drug-likeness (QED) is 0.901. The third-order valence-corrected chi connectivity index (χ3v) is 3.80. The zero-order valence-electron chi connectivity index (χ0n) is 12.5. The van der Waals surface area contributed by atoms with Gasteiger partial charge in [-0.15, -0.1) is 0 Å². The molecule has 3 nitrogen and oxygen atoms in total. The lowest BCUT2D eigenvalue weighted by Gasteiger charge is -2.16. The number of aromatic nitrogens is 2. The van der Waals surface area contributed by atoms with E-state index in [9.17, 15) is 0 Å². The second-order valence-electron chi connectivity index (χ2n) is 5.49. The van der Waals surface area contributed by atoms with Crippen molar-refractivity contribution in [3.8, 4) is 0 Å². The predicted molar refractivity (Wildman–Crippen MR) is 84.0 cm³/mol. The van der Waals surface area contributed by atoms with Crippen LogP contribution in [0.15, 0.2) is 30.5 Å². The number of benzene rings is 1. The molecule has 0 amide bonds. The van der Waals surface area contributed by atoms with Crippen molar-refractivity contribution in [1.82, 2.24) is 15.1 Å². The summed E-state index contributed by atoms with van der Waals surface area (Å²) < 4.78 is 1.88. The van der Waals surface area contributed by atoms with Crippen LogP contribution >= 0.6 is 11.6 Å². The normalized spacial score (nSPS) is 12.9. The molecule has 0 fully saturated rings. The van der Waals surface area contributed by atoms with Gasteiger partial charge in [0.15, 0.2) is 0 Å². The lowest BCUT2D eigenvalue weighted by Crippen LogP contribution is -2.19. The van der Waals surface area contributed by atoms with Gasteiger partial charge in [-0.25, -0.2) is 0 Å². The standard InChI is InChI=1S/C16H22ClN3/c1-11(2)16-13(10-20(4)19-16)9-18-12(3)14-7-5-6-8-15(14)17/h5-8,10-12,18H,9H2,1-4H3/t12-/m0/s1. The molecule has 1 N–H and O–H groups in total. The van der Waals surface area contributed by atoms with Crippen molar-refractivity contribution >= 4 is 11.6 Å². The highest BCUT2D eigenvalue weighted by atomic mass is 35.5. The van der Waals surface area contributed by atoms with Gasteiger partial charge in [-0.05, 0) is 24.5 Å². The summed E-state index contributed by atoms with van der Waals surface area (Å²) in [6.07, 6.45) is 2.08. The van der Waals surface area contributed by atoms with Crippen molar-refractivity contribution in [2.75, 3.05) is 0 Å². The van der Waals surface area contributed by atoms with Crippen molar-refractivity contribution in [3.63, 3.8) is 0 Å². The van der Waals surface area contributed by atoms with Gasteiger partial charge in [0.25, 0.3) is 0 Å². The van der Waals surface area contributed by atoms with E-state index in [0.717, 1.165) is 22.8 Å². The molecule has 0 aliphatic heterocycles. The van der Waals surface area contributed by atoms with Crippen molar-refractivity contribution < 1.29 is 0 Å². The number of hydrogen-bond acceptors (Lipinski definition) is 2. The first kappa shape index (κ1) is 15.1. The van der Waals surface area contributed by atoms with Gasteiger partial charge in [0, 0.05) is 36.4 Å². The SMILES string of the molecule is CC(C)c1nn(C)cc1CN[C@@H](C)c1ccccc1Cl. The molecule has 0 radical (unpaired) electrons. The minimum atomic E-state index is 0.212. The summed E-state index contributed by atoms with van der Waals surface area (Å²) in [5, 5.41) is 8.86. The van der Waals surface area contributed by atoms with Gasteiger partial charge >= 0.3 is 0 Å². The first-order chi connectivity index (χ1) is 9.49. The Hall–Kier alpha value is -1.32. The van der Waals surface area contributed by atoms with Gasteiger partial charge < -0.3 is 5.32 Å². The molecule has 4 heteroatoms. The highest BCUT2D eigenvalue weighted by Crippen LogP contribution is 2.23. The van der Waals surface area contributed by atoms with Gasteiger partial charge in [-0.2, -0.15) is 5.10 Å². The summed E-state index contributed by atoms with van der Waals surface area (Å²) >= 11 is 6.23. The van der Waals surface area contributed by atoms with Crippen molar-refractivity contribution in [2.45, 2.75) is 39.3 Å². The summed E-state index contributed by atoms with van der Waals surface area (Å²) in [7, 11) is 1.97. The van der Waals surface area contributed by atoms with Crippen molar-refractivity contribution in [2.24, 2.45) is 7.05 Å². The van der Waals surface area contributed by atoms with E-state index in [4.69, 9.17) is 11.6 Å². The molecule has 0 bridgehead atoms. The van der Waals surface area contributed by atoms with Crippen LogP contribution in [-0.4, -0.2) is 9.78 Å². The fourth-order valence-corrected chi connectivity index (χ4v) is 2.68. The van der Waals surface area contributed by atoms with Crippen molar-refractivity contribution in [1.29, 1.82) is 0 Å². The molecule has 2 aromatic rings. The molecule has 0 saturated carbocycles. The molecule has 0 aliphatic carbocycles. The molecule has 1 heterocycles. The van der Waals surface area contributed by atoms with Crippen LogP contribution < -0.4 is 5.32 Å². The van der Waals surface area contributed by atoms with Crippen LogP contribution in [0.3, 0.4) is 0 Å². The Balaban J connectivity index is 2.07. The van der Waals surface area contributed by atoms with Crippen LogP contribution in [0.4, 0.5) is 0 Å². The molecule has 0 aliphatic rings. The zero-order valence-corrected chi connectivity index (χ0v) is 13.3. The second-order valence-corrected chi connectivity index (χ2v) is 5.90. The number of nitrogens with one attached hydrogen (secondary N) is 1. The van der Waals surface area contributed by atoms with E-state index >= 15 is 0 Å². The topological polar surface area (TPSA) is 29.9 Å². The Kier molecular flexibility index (Phi) is 4.84. The first-order valence-electron chi connectivity index (χ1n) is 6.99. The minimum Gasteiger partial charge on any atom is -0.306 e. The number of nitrogens with zero attached hydrogens (tertiary/aromatic N) is 2. The average Bonchev–Trinajstić information content (AvgIpc) is 2.78. The Morgan fingerprint density at radius 3 is 2.60 bits per heavy atom. The van der Waals surface area contributed by atoms with Crippen LogP contribution in [0.1, 0.15) is 49.6 Å². The molecule has 108 valence electrons. The van der Waals surface area contributed by atoms with Crippen LogP contribution in [-0.2, 0) is 13.6 Å². The largest absolute Gasteiger partial charge is 0.306 e. The Morgan fingerprint density at radius 2 is 1.95 bits per heavy atom. The van der Waals surface area contributed by atoms with E-state index in [2.05, 4.69) is 43.4 Å². The van der Waals surface area contributed by atoms with Gasteiger partial charge in [-0.3, -0.25) is 4.68 Å². The predicted octanol–water partition coefficient (Wildman–Crippen LogP) is 4.05.